The minimum absolute atomic E-state index is 0.207. The van der Waals surface area contributed by atoms with Crippen molar-refractivity contribution in [3.63, 3.8) is 0 Å². The van der Waals surface area contributed by atoms with E-state index >= 15 is 0 Å². The van der Waals surface area contributed by atoms with Gasteiger partial charge in [-0.1, -0.05) is 30.3 Å². The molecule has 0 aliphatic heterocycles. The number of nitrogens with zero attached hydrogens (tertiary/aromatic N) is 3. The van der Waals surface area contributed by atoms with Crippen LogP contribution in [-0.2, 0) is 13.0 Å². The van der Waals surface area contributed by atoms with Gasteiger partial charge in [0.25, 0.3) is 11.5 Å². The Hall–Kier alpha value is -4.04. The molecule has 0 aliphatic carbocycles. The van der Waals surface area contributed by atoms with Crippen LogP contribution in [0.15, 0.2) is 78.0 Å². The molecule has 5 rings (SSSR count). The molecule has 0 unspecified atom stereocenters. The predicted octanol–water partition coefficient (Wildman–Crippen LogP) is 4.04. The molecule has 1 aromatic carbocycles. The average Bonchev–Trinajstić information content (AvgIpc) is 3.28. The zero-order chi connectivity index (χ0) is 23.5. The van der Waals surface area contributed by atoms with Crippen LogP contribution in [-0.4, -0.2) is 34.1 Å². The zero-order valence-electron chi connectivity index (χ0n) is 18.5. The Morgan fingerprint density at radius 1 is 1.09 bits per heavy atom. The topological polar surface area (TPSA) is 86.1 Å². The summed E-state index contributed by atoms with van der Waals surface area (Å²) in [7, 11) is 1.49. The maximum atomic E-state index is 13.7. The van der Waals surface area contributed by atoms with E-state index < -0.39 is 0 Å². The highest BCUT2D eigenvalue weighted by molar-refractivity contribution is 7.22. The van der Waals surface area contributed by atoms with Crippen molar-refractivity contribution in [1.82, 2.24) is 19.9 Å². The van der Waals surface area contributed by atoms with E-state index in [1.54, 1.807) is 23.2 Å². The second-order valence-corrected chi connectivity index (χ2v) is 8.79. The Kier molecular flexibility index (Phi) is 6.05. The van der Waals surface area contributed by atoms with Crippen LogP contribution in [0.1, 0.15) is 20.9 Å². The first kappa shape index (κ1) is 21.8. The van der Waals surface area contributed by atoms with Crippen molar-refractivity contribution in [1.29, 1.82) is 0 Å². The number of hydrogen-bond acceptors (Lipinski definition) is 6. The third kappa shape index (κ3) is 4.04. The molecule has 0 bridgehead atoms. The number of thiophene rings is 1. The second-order valence-electron chi connectivity index (χ2n) is 7.77. The van der Waals surface area contributed by atoms with Crippen molar-refractivity contribution in [2.75, 3.05) is 13.7 Å². The fourth-order valence-corrected chi connectivity index (χ4v) is 5.26. The van der Waals surface area contributed by atoms with Crippen molar-refractivity contribution in [2.24, 2.45) is 0 Å². The molecule has 8 heteroatoms. The second kappa shape index (κ2) is 9.44. The minimum atomic E-state index is -0.262. The molecule has 0 saturated carbocycles. The standard InChI is InChI=1S/C26H22N4O3S/c1-33-22-21-23(34-24(22)25(31)29-14-11-17-7-6-12-27-15-17)19-9-2-3-10-20(19)30(26(21)32)16-18-8-4-5-13-28-18/h2-10,12-13,15H,11,14,16H2,1H3,(H,29,31). The van der Waals surface area contributed by atoms with Crippen molar-refractivity contribution in [3.8, 4) is 5.75 Å². The highest BCUT2D eigenvalue weighted by atomic mass is 32.1. The molecule has 34 heavy (non-hydrogen) atoms. The molecular formula is C26H22N4O3S. The molecular weight excluding hydrogens is 448 g/mol. The Morgan fingerprint density at radius 3 is 2.71 bits per heavy atom. The molecule has 170 valence electrons. The van der Waals surface area contributed by atoms with Crippen LogP contribution < -0.4 is 15.6 Å². The molecule has 4 heterocycles. The van der Waals surface area contributed by atoms with Crippen LogP contribution in [0.2, 0.25) is 0 Å². The lowest BCUT2D eigenvalue weighted by Gasteiger charge is -2.11. The maximum Gasteiger partial charge on any atom is 0.265 e. The number of rotatable bonds is 7. The zero-order valence-corrected chi connectivity index (χ0v) is 19.3. The van der Waals surface area contributed by atoms with Gasteiger partial charge < -0.3 is 14.6 Å². The van der Waals surface area contributed by atoms with Crippen molar-refractivity contribution >= 4 is 38.2 Å². The number of benzene rings is 1. The van der Waals surface area contributed by atoms with E-state index in [0.29, 0.717) is 35.5 Å². The van der Waals surface area contributed by atoms with Crippen molar-refractivity contribution in [2.45, 2.75) is 13.0 Å². The number of aromatic nitrogens is 3. The number of methoxy groups -OCH3 is 1. The van der Waals surface area contributed by atoms with E-state index in [4.69, 9.17) is 4.74 Å². The first-order valence-electron chi connectivity index (χ1n) is 10.9. The van der Waals surface area contributed by atoms with Crippen LogP contribution in [0.3, 0.4) is 0 Å². The number of amides is 1. The summed E-state index contributed by atoms with van der Waals surface area (Å²) in [6.45, 7) is 0.772. The highest BCUT2D eigenvalue weighted by Gasteiger charge is 2.24. The lowest BCUT2D eigenvalue weighted by Crippen LogP contribution is -2.25. The van der Waals surface area contributed by atoms with E-state index in [2.05, 4.69) is 15.3 Å². The van der Waals surface area contributed by atoms with E-state index in [0.717, 1.165) is 26.9 Å². The fourth-order valence-electron chi connectivity index (χ4n) is 4.05. The van der Waals surface area contributed by atoms with Gasteiger partial charge in [0.2, 0.25) is 0 Å². The number of nitrogens with one attached hydrogen (secondary N) is 1. The molecule has 7 nitrogen and oxygen atoms in total. The third-order valence-electron chi connectivity index (χ3n) is 5.64. The van der Waals surface area contributed by atoms with Crippen molar-refractivity contribution in [3.05, 3.63) is 99.7 Å². The number of carbonyl (C=O) groups excluding carboxylic acids is 1. The van der Waals surface area contributed by atoms with Gasteiger partial charge in [0.05, 0.1) is 29.6 Å². The Labute approximate surface area is 199 Å². The number of fused-ring (bicyclic) bond motifs is 3. The number of para-hydroxylation sites is 1. The Bertz CT molecular complexity index is 1530. The predicted molar refractivity (Wildman–Crippen MR) is 134 cm³/mol. The molecule has 0 fully saturated rings. The van der Waals surface area contributed by atoms with Crippen LogP contribution in [0, 0.1) is 0 Å². The number of ether oxygens (including phenoxy) is 1. The van der Waals surface area contributed by atoms with Gasteiger partial charge in [-0.15, -0.1) is 11.3 Å². The van der Waals surface area contributed by atoms with E-state index in [1.807, 2.05) is 54.6 Å². The summed E-state index contributed by atoms with van der Waals surface area (Å²) in [5, 5.41) is 4.26. The van der Waals surface area contributed by atoms with Gasteiger partial charge in [-0.25, -0.2) is 0 Å². The van der Waals surface area contributed by atoms with Gasteiger partial charge in [-0.2, -0.15) is 0 Å². The quantitative estimate of drug-likeness (QED) is 0.388. The Morgan fingerprint density at radius 2 is 1.94 bits per heavy atom. The monoisotopic (exact) mass is 470 g/mol. The van der Waals surface area contributed by atoms with Gasteiger partial charge in [0, 0.05) is 30.5 Å². The lowest BCUT2D eigenvalue weighted by molar-refractivity contribution is 0.0955. The summed E-state index contributed by atoms with van der Waals surface area (Å²) >= 11 is 1.28. The molecule has 0 atom stereocenters. The van der Waals surface area contributed by atoms with Gasteiger partial charge in [0.1, 0.15) is 10.3 Å². The molecule has 1 N–H and O–H groups in total. The summed E-state index contributed by atoms with van der Waals surface area (Å²) in [6, 6.07) is 17.2. The van der Waals surface area contributed by atoms with Gasteiger partial charge in [0.15, 0.2) is 5.75 Å². The summed E-state index contributed by atoms with van der Waals surface area (Å²) in [6.07, 6.45) is 5.87. The number of pyridine rings is 3. The summed E-state index contributed by atoms with van der Waals surface area (Å²) in [4.78, 5) is 35.6. The normalized spacial score (nSPS) is 11.1. The van der Waals surface area contributed by atoms with Crippen LogP contribution in [0.5, 0.6) is 5.75 Å². The first-order chi connectivity index (χ1) is 16.7. The summed E-state index contributed by atoms with van der Waals surface area (Å²) < 4.78 is 8.07. The Balaban J connectivity index is 1.57. The van der Waals surface area contributed by atoms with E-state index in [9.17, 15) is 9.59 Å². The van der Waals surface area contributed by atoms with Crippen LogP contribution in [0.25, 0.3) is 21.0 Å². The molecule has 0 radical (unpaired) electrons. The smallest absolute Gasteiger partial charge is 0.265 e. The molecule has 0 saturated heterocycles. The highest BCUT2D eigenvalue weighted by Crippen LogP contribution is 2.39. The van der Waals surface area contributed by atoms with E-state index in [1.165, 1.54) is 18.4 Å². The average molecular weight is 471 g/mol. The van der Waals surface area contributed by atoms with Gasteiger partial charge in [-0.05, 0) is 36.2 Å². The lowest BCUT2D eigenvalue weighted by atomic mass is 10.1. The number of hydrogen-bond donors (Lipinski definition) is 1. The minimum Gasteiger partial charge on any atom is -0.494 e. The largest absolute Gasteiger partial charge is 0.494 e. The summed E-state index contributed by atoms with van der Waals surface area (Å²) in [5.41, 5.74) is 2.39. The summed E-state index contributed by atoms with van der Waals surface area (Å²) in [5.74, 6) is 0.0473. The fraction of sp³-hybridized carbons (Fsp3) is 0.154. The number of carbonyl (C=O) groups is 1. The molecule has 0 aliphatic rings. The molecule has 1 amide bonds. The molecule has 0 spiro atoms. The van der Waals surface area contributed by atoms with Crippen LogP contribution >= 0.6 is 11.3 Å². The maximum absolute atomic E-state index is 13.7. The van der Waals surface area contributed by atoms with Crippen LogP contribution in [0.4, 0.5) is 0 Å². The van der Waals surface area contributed by atoms with Gasteiger partial charge >= 0.3 is 0 Å². The van der Waals surface area contributed by atoms with E-state index in [-0.39, 0.29) is 11.5 Å². The first-order valence-corrected chi connectivity index (χ1v) is 11.7. The third-order valence-corrected chi connectivity index (χ3v) is 6.84. The SMILES string of the molecule is COc1c(C(=O)NCCc2cccnc2)sc2c1c(=O)n(Cc1ccccn1)c1ccccc21. The van der Waals surface area contributed by atoms with Gasteiger partial charge in [-0.3, -0.25) is 19.6 Å². The molecule has 5 aromatic rings. The molecule has 4 aromatic heterocycles. The van der Waals surface area contributed by atoms with Crippen molar-refractivity contribution < 1.29 is 9.53 Å².